The van der Waals surface area contributed by atoms with E-state index in [1.165, 1.54) is 0 Å². The van der Waals surface area contributed by atoms with Gasteiger partial charge in [0.1, 0.15) is 5.78 Å². The second-order valence-corrected chi connectivity index (χ2v) is 3.87. The van der Waals surface area contributed by atoms with Crippen LogP contribution in [-0.2, 0) is 9.53 Å². The van der Waals surface area contributed by atoms with Crippen molar-refractivity contribution in [1.29, 1.82) is 0 Å². The monoisotopic (exact) mass is 182 g/mol. The molecule has 1 saturated carbocycles. The summed E-state index contributed by atoms with van der Waals surface area (Å²) in [5.41, 5.74) is 0. The Morgan fingerprint density at radius 1 is 1.69 bits per heavy atom. The van der Waals surface area contributed by atoms with E-state index in [-0.39, 0.29) is 12.2 Å². The Balaban J connectivity index is 2.46. The molecule has 1 rings (SSSR count). The van der Waals surface area contributed by atoms with Gasteiger partial charge >= 0.3 is 0 Å². The molecule has 0 spiro atoms. The maximum atomic E-state index is 11.2. The largest absolute Gasteiger partial charge is 0.370 e. The lowest BCUT2D eigenvalue weighted by molar-refractivity contribution is -0.128. The molecule has 74 valence electrons. The molecule has 1 aliphatic carbocycles. The summed E-state index contributed by atoms with van der Waals surface area (Å²) in [7, 11) is 0. The van der Waals surface area contributed by atoms with Crippen LogP contribution in [-0.4, -0.2) is 18.0 Å². The van der Waals surface area contributed by atoms with Gasteiger partial charge in [-0.05, 0) is 19.3 Å². The molecular formula is C11H18O2. The third-order valence-corrected chi connectivity index (χ3v) is 2.66. The van der Waals surface area contributed by atoms with E-state index in [1.807, 2.05) is 6.92 Å². The van der Waals surface area contributed by atoms with Crippen molar-refractivity contribution < 1.29 is 9.53 Å². The lowest BCUT2D eigenvalue weighted by Crippen LogP contribution is -2.32. The van der Waals surface area contributed by atoms with E-state index < -0.39 is 0 Å². The highest BCUT2D eigenvalue weighted by Gasteiger charge is 2.27. The number of carbonyl (C=O) groups is 1. The van der Waals surface area contributed by atoms with Gasteiger partial charge in [0.15, 0.2) is 0 Å². The number of hydrogen-bond donors (Lipinski definition) is 0. The topological polar surface area (TPSA) is 26.3 Å². The smallest absolute Gasteiger partial charge is 0.135 e. The lowest BCUT2D eigenvalue weighted by Gasteiger charge is -2.29. The van der Waals surface area contributed by atoms with Crippen molar-refractivity contribution in [2.75, 3.05) is 0 Å². The molecule has 0 aromatic carbocycles. The fourth-order valence-electron chi connectivity index (χ4n) is 1.62. The van der Waals surface area contributed by atoms with Crippen molar-refractivity contribution in [3.8, 4) is 0 Å². The summed E-state index contributed by atoms with van der Waals surface area (Å²) in [6, 6.07) is 0. The van der Waals surface area contributed by atoms with Crippen LogP contribution in [0.5, 0.6) is 0 Å². The number of ether oxygens (including phenoxy) is 1. The number of rotatable bonds is 3. The van der Waals surface area contributed by atoms with Gasteiger partial charge in [0.2, 0.25) is 0 Å². The molecule has 2 nitrogen and oxygen atoms in total. The average Bonchev–Trinajstić information content (AvgIpc) is 2.11. The highest BCUT2D eigenvalue weighted by Crippen LogP contribution is 2.25. The van der Waals surface area contributed by atoms with Gasteiger partial charge in [0.25, 0.3) is 0 Å². The Hall–Kier alpha value is -0.630. The van der Waals surface area contributed by atoms with Crippen LogP contribution in [0, 0.1) is 5.92 Å². The van der Waals surface area contributed by atoms with Gasteiger partial charge in [-0.2, -0.15) is 0 Å². The van der Waals surface area contributed by atoms with Crippen molar-refractivity contribution in [2.45, 2.75) is 45.3 Å². The van der Waals surface area contributed by atoms with Gasteiger partial charge in [-0.3, -0.25) is 4.79 Å². The molecule has 1 aliphatic rings. The second kappa shape index (κ2) is 4.56. The molecule has 0 heterocycles. The minimum Gasteiger partial charge on any atom is -0.370 e. The molecule has 0 N–H and O–H groups in total. The lowest BCUT2D eigenvalue weighted by atomic mass is 9.87. The molecule has 13 heavy (non-hydrogen) atoms. The third kappa shape index (κ3) is 2.96. The number of hydrogen-bond acceptors (Lipinski definition) is 2. The Morgan fingerprint density at radius 3 is 3.00 bits per heavy atom. The summed E-state index contributed by atoms with van der Waals surface area (Å²) in [6.45, 7) is 7.76. The summed E-state index contributed by atoms with van der Waals surface area (Å²) >= 11 is 0. The number of carbonyl (C=O) groups excluding carboxylic acids is 1. The molecular weight excluding hydrogens is 164 g/mol. The quantitative estimate of drug-likeness (QED) is 0.626. The van der Waals surface area contributed by atoms with Crippen LogP contribution in [0.15, 0.2) is 12.7 Å². The van der Waals surface area contributed by atoms with Crippen molar-refractivity contribution in [3.05, 3.63) is 12.7 Å². The molecule has 2 heteroatoms. The van der Waals surface area contributed by atoms with E-state index in [0.29, 0.717) is 18.1 Å². The van der Waals surface area contributed by atoms with Crippen LogP contribution in [0.3, 0.4) is 0 Å². The highest BCUT2D eigenvalue weighted by molar-refractivity contribution is 5.79. The predicted molar refractivity (Wildman–Crippen MR) is 52.6 cm³/mol. The molecule has 3 unspecified atom stereocenters. The SMILES string of the molecule is C=CC(C)OC1CC(=O)CCC1C. The van der Waals surface area contributed by atoms with E-state index in [0.717, 1.165) is 12.8 Å². The van der Waals surface area contributed by atoms with Crippen LogP contribution >= 0.6 is 0 Å². The Bertz CT molecular complexity index is 198. The summed E-state index contributed by atoms with van der Waals surface area (Å²) in [4.78, 5) is 11.2. The van der Waals surface area contributed by atoms with E-state index in [9.17, 15) is 4.79 Å². The van der Waals surface area contributed by atoms with Crippen LogP contribution in [0.2, 0.25) is 0 Å². The van der Waals surface area contributed by atoms with Crippen molar-refractivity contribution in [2.24, 2.45) is 5.92 Å². The summed E-state index contributed by atoms with van der Waals surface area (Å²) in [5.74, 6) is 0.833. The Kier molecular flexibility index (Phi) is 3.67. The van der Waals surface area contributed by atoms with E-state index >= 15 is 0 Å². The zero-order valence-electron chi connectivity index (χ0n) is 8.45. The van der Waals surface area contributed by atoms with Crippen LogP contribution in [0.1, 0.15) is 33.1 Å². The van der Waals surface area contributed by atoms with Crippen molar-refractivity contribution >= 4 is 5.78 Å². The molecule has 0 aromatic heterocycles. The maximum Gasteiger partial charge on any atom is 0.135 e. The molecule has 0 aromatic rings. The van der Waals surface area contributed by atoms with Crippen LogP contribution in [0.4, 0.5) is 0 Å². The van der Waals surface area contributed by atoms with Gasteiger partial charge in [-0.1, -0.05) is 13.0 Å². The second-order valence-electron chi connectivity index (χ2n) is 3.87. The fraction of sp³-hybridized carbons (Fsp3) is 0.727. The molecule has 3 atom stereocenters. The van der Waals surface area contributed by atoms with Crippen molar-refractivity contribution in [3.63, 3.8) is 0 Å². The maximum absolute atomic E-state index is 11.2. The molecule has 0 amide bonds. The van der Waals surface area contributed by atoms with Crippen LogP contribution < -0.4 is 0 Å². The first-order valence-corrected chi connectivity index (χ1v) is 4.93. The molecule has 0 bridgehead atoms. The highest BCUT2D eigenvalue weighted by atomic mass is 16.5. The van der Waals surface area contributed by atoms with Gasteiger partial charge in [0.05, 0.1) is 12.2 Å². The van der Waals surface area contributed by atoms with Gasteiger partial charge in [0, 0.05) is 12.8 Å². The van der Waals surface area contributed by atoms with E-state index in [2.05, 4.69) is 13.5 Å². The Morgan fingerprint density at radius 2 is 2.38 bits per heavy atom. The van der Waals surface area contributed by atoms with Gasteiger partial charge in [-0.25, -0.2) is 0 Å². The number of ketones is 1. The summed E-state index contributed by atoms with van der Waals surface area (Å²) in [5, 5.41) is 0. The molecule has 0 aliphatic heterocycles. The zero-order valence-corrected chi connectivity index (χ0v) is 8.45. The predicted octanol–water partition coefficient (Wildman–Crippen LogP) is 2.34. The number of Topliss-reactive ketones (excluding diaryl/α,β-unsaturated/α-hetero) is 1. The summed E-state index contributed by atoms with van der Waals surface area (Å²) < 4.78 is 5.68. The standard InChI is InChI=1S/C11H18O2/c1-4-9(3)13-11-7-10(12)6-5-8(11)2/h4,8-9,11H,1,5-7H2,2-3H3. The zero-order chi connectivity index (χ0) is 9.84. The minimum absolute atomic E-state index is 0.0540. The van der Waals surface area contributed by atoms with E-state index in [1.54, 1.807) is 6.08 Å². The fourth-order valence-corrected chi connectivity index (χ4v) is 1.62. The molecule has 0 saturated heterocycles. The molecule has 1 fully saturated rings. The minimum atomic E-state index is 0.0540. The normalized spacial score (nSPS) is 31.4. The van der Waals surface area contributed by atoms with E-state index in [4.69, 9.17) is 4.74 Å². The first-order valence-electron chi connectivity index (χ1n) is 4.93. The van der Waals surface area contributed by atoms with Gasteiger partial charge in [-0.15, -0.1) is 6.58 Å². The Labute approximate surface area is 80.0 Å². The molecule has 0 radical (unpaired) electrons. The van der Waals surface area contributed by atoms with Crippen molar-refractivity contribution in [1.82, 2.24) is 0 Å². The first-order chi connectivity index (χ1) is 6.13. The summed E-state index contributed by atoms with van der Waals surface area (Å²) in [6.07, 6.45) is 4.20. The first kappa shape index (κ1) is 10.5. The van der Waals surface area contributed by atoms with Gasteiger partial charge < -0.3 is 4.74 Å². The third-order valence-electron chi connectivity index (χ3n) is 2.66. The average molecular weight is 182 g/mol. The van der Waals surface area contributed by atoms with Crippen LogP contribution in [0.25, 0.3) is 0 Å².